The molecule has 23 heavy (non-hydrogen) atoms. The van der Waals surface area contributed by atoms with Crippen LogP contribution in [-0.4, -0.2) is 31.2 Å². The van der Waals surface area contributed by atoms with Crippen molar-refractivity contribution in [2.24, 2.45) is 5.92 Å². The molecule has 0 unspecified atom stereocenters. The number of benzene rings is 1. The van der Waals surface area contributed by atoms with Crippen molar-refractivity contribution in [3.05, 3.63) is 29.8 Å². The van der Waals surface area contributed by atoms with Crippen molar-refractivity contribution in [3.63, 3.8) is 0 Å². The second kappa shape index (κ2) is 6.72. The highest BCUT2D eigenvalue weighted by molar-refractivity contribution is 5.78. The number of ether oxygens (including phenoxy) is 1. The zero-order chi connectivity index (χ0) is 17.1. The van der Waals surface area contributed by atoms with Crippen LogP contribution in [0, 0.1) is 5.92 Å². The van der Waals surface area contributed by atoms with Gasteiger partial charge in [0.25, 0.3) is 0 Å². The molecule has 0 saturated heterocycles. The van der Waals surface area contributed by atoms with Gasteiger partial charge in [0.2, 0.25) is 11.8 Å². The molecule has 0 aromatic heterocycles. The minimum atomic E-state index is -4.43. The monoisotopic (exact) mass is 337 g/mol. The van der Waals surface area contributed by atoms with Crippen LogP contribution in [0.4, 0.5) is 22.0 Å². The fourth-order valence-corrected chi connectivity index (χ4v) is 2.35. The van der Waals surface area contributed by atoms with Crippen molar-refractivity contribution in [1.82, 2.24) is 5.32 Å². The summed E-state index contributed by atoms with van der Waals surface area (Å²) in [5.74, 6) is -3.20. The predicted octanol–water partition coefficient (Wildman–Crippen LogP) is 3.33. The average molecular weight is 337 g/mol. The molecule has 3 nitrogen and oxygen atoms in total. The van der Waals surface area contributed by atoms with E-state index in [1.807, 2.05) is 0 Å². The number of nitrogens with one attached hydrogen (secondary N) is 1. The quantitative estimate of drug-likeness (QED) is 0.809. The minimum Gasteiger partial charge on any atom is -0.484 e. The lowest BCUT2D eigenvalue weighted by Crippen LogP contribution is -2.42. The van der Waals surface area contributed by atoms with Gasteiger partial charge >= 0.3 is 6.18 Å². The molecule has 1 fully saturated rings. The van der Waals surface area contributed by atoms with Crippen LogP contribution < -0.4 is 10.1 Å². The number of alkyl halides is 5. The van der Waals surface area contributed by atoms with Crippen LogP contribution in [-0.2, 0) is 11.2 Å². The molecule has 0 spiro atoms. The smallest absolute Gasteiger partial charge is 0.422 e. The summed E-state index contributed by atoms with van der Waals surface area (Å²) in [4.78, 5) is 11.7. The number of carbonyl (C=O) groups excluding carboxylic acids is 1. The molecule has 1 aliphatic rings. The third-order valence-corrected chi connectivity index (χ3v) is 3.43. The molecule has 0 bridgehead atoms. The molecule has 0 atom stereocenters. The Labute approximate surface area is 129 Å². The molecule has 0 radical (unpaired) electrons. The molecule has 1 aromatic carbocycles. The van der Waals surface area contributed by atoms with Crippen molar-refractivity contribution < 1.29 is 31.5 Å². The summed E-state index contributed by atoms with van der Waals surface area (Å²) in [7, 11) is 0. The van der Waals surface area contributed by atoms with Crippen LogP contribution in [0.25, 0.3) is 0 Å². The lowest BCUT2D eigenvalue weighted by atomic mass is 9.81. The summed E-state index contributed by atoms with van der Waals surface area (Å²) in [6.45, 7) is -1.22. The molecular weight excluding hydrogens is 321 g/mol. The lowest BCUT2D eigenvalue weighted by Gasteiger charge is -2.34. The number of halogens is 5. The molecule has 1 aliphatic carbocycles. The van der Waals surface area contributed by atoms with E-state index < -0.39 is 18.7 Å². The van der Waals surface area contributed by atoms with Gasteiger partial charge in [-0.3, -0.25) is 4.79 Å². The van der Waals surface area contributed by atoms with E-state index in [1.165, 1.54) is 18.2 Å². The summed E-state index contributed by atoms with van der Waals surface area (Å²) in [5.41, 5.74) is 0.487. The van der Waals surface area contributed by atoms with E-state index in [4.69, 9.17) is 0 Å². The van der Waals surface area contributed by atoms with Gasteiger partial charge in [-0.1, -0.05) is 12.1 Å². The van der Waals surface area contributed by atoms with Gasteiger partial charge in [0, 0.05) is 19.4 Å². The number of carbonyl (C=O) groups is 1. The Kier molecular flexibility index (Phi) is 5.11. The molecule has 1 saturated carbocycles. The third kappa shape index (κ3) is 6.03. The van der Waals surface area contributed by atoms with Crippen molar-refractivity contribution in [2.45, 2.75) is 31.4 Å². The molecule has 2 rings (SSSR count). The molecule has 1 N–H and O–H groups in total. The van der Waals surface area contributed by atoms with Crippen molar-refractivity contribution in [1.29, 1.82) is 0 Å². The second-order valence-electron chi connectivity index (χ2n) is 5.66. The van der Waals surface area contributed by atoms with Crippen molar-refractivity contribution >= 4 is 5.91 Å². The fourth-order valence-electron chi connectivity index (χ4n) is 2.35. The first-order valence-corrected chi connectivity index (χ1v) is 7.06. The van der Waals surface area contributed by atoms with Gasteiger partial charge in [-0.25, -0.2) is 8.78 Å². The van der Waals surface area contributed by atoms with Crippen molar-refractivity contribution in [3.8, 4) is 5.75 Å². The molecule has 1 aromatic rings. The number of amides is 1. The Hall–Kier alpha value is -1.86. The van der Waals surface area contributed by atoms with E-state index in [9.17, 15) is 26.7 Å². The molecule has 0 aliphatic heterocycles. The average Bonchev–Trinajstić information content (AvgIpc) is 2.40. The number of hydrogen-bond acceptors (Lipinski definition) is 2. The Morgan fingerprint density at radius 1 is 1.30 bits per heavy atom. The van der Waals surface area contributed by atoms with Gasteiger partial charge in [-0.05, 0) is 23.6 Å². The molecular formula is C15H16F5NO2. The normalized spacial score (nSPS) is 17.4. The number of rotatable bonds is 6. The highest BCUT2D eigenvalue weighted by atomic mass is 19.4. The lowest BCUT2D eigenvalue weighted by molar-refractivity contribution is -0.153. The van der Waals surface area contributed by atoms with Crippen LogP contribution in [0.5, 0.6) is 5.75 Å². The van der Waals surface area contributed by atoms with E-state index in [0.29, 0.717) is 5.56 Å². The zero-order valence-electron chi connectivity index (χ0n) is 12.1. The Bertz CT molecular complexity index is 551. The Morgan fingerprint density at radius 2 is 2.00 bits per heavy atom. The summed E-state index contributed by atoms with van der Waals surface area (Å²) in [6.07, 6.45) is -4.94. The van der Waals surface area contributed by atoms with Crippen LogP contribution in [0.1, 0.15) is 18.4 Å². The maximum absolute atomic E-state index is 12.7. The van der Waals surface area contributed by atoms with Crippen LogP contribution in [0.2, 0.25) is 0 Å². The number of hydrogen-bond donors (Lipinski definition) is 1. The van der Waals surface area contributed by atoms with E-state index in [2.05, 4.69) is 10.1 Å². The summed E-state index contributed by atoms with van der Waals surface area (Å²) >= 11 is 0. The van der Waals surface area contributed by atoms with Crippen LogP contribution in [0.3, 0.4) is 0 Å². The second-order valence-corrected chi connectivity index (χ2v) is 5.66. The highest BCUT2D eigenvalue weighted by Crippen LogP contribution is 2.41. The Morgan fingerprint density at radius 3 is 2.61 bits per heavy atom. The SMILES string of the molecule is O=C(Cc1cccc(OCC(F)(F)F)c1)NCC1CC(F)(F)C1. The maximum Gasteiger partial charge on any atom is 0.422 e. The topological polar surface area (TPSA) is 38.3 Å². The molecule has 1 amide bonds. The van der Waals surface area contributed by atoms with Gasteiger partial charge in [0.15, 0.2) is 6.61 Å². The molecule has 0 heterocycles. The summed E-state index contributed by atoms with van der Waals surface area (Å²) in [5, 5.41) is 2.55. The highest BCUT2D eigenvalue weighted by Gasteiger charge is 2.44. The van der Waals surface area contributed by atoms with Gasteiger partial charge in [0.05, 0.1) is 6.42 Å². The zero-order valence-corrected chi connectivity index (χ0v) is 12.1. The van der Waals surface area contributed by atoms with E-state index in [1.54, 1.807) is 6.07 Å². The maximum atomic E-state index is 12.7. The first-order valence-electron chi connectivity index (χ1n) is 7.06. The van der Waals surface area contributed by atoms with Crippen molar-refractivity contribution in [2.75, 3.05) is 13.2 Å². The van der Waals surface area contributed by atoms with E-state index in [-0.39, 0.29) is 43.4 Å². The van der Waals surface area contributed by atoms with Gasteiger partial charge in [0.1, 0.15) is 5.75 Å². The van der Waals surface area contributed by atoms with E-state index >= 15 is 0 Å². The standard InChI is InChI=1S/C15H16F5NO2/c16-14(17)6-11(7-14)8-21-13(22)5-10-2-1-3-12(4-10)23-9-15(18,19)20/h1-4,11H,5-9H2,(H,21,22). The Balaban J connectivity index is 1.77. The first-order chi connectivity index (χ1) is 10.6. The minimum absolute atomic E-state index is 0.0197. The third-order valence-electron chi connectivity index (χ3n) is 3.43. The summed E-state index contributed by atoms with van der Waals surface area (Å²) < 4.78 is 66.1. The van der Waals surface area contributed by atoms with E-state index in [0.717, 1.165) is 0 Å². The summed E-state index contributed by atoms with van der Waals surface area (Å²) in [6, 6.07) is 5.78. The predicted molar refractivity (Wildman–Crippen MR) is 72.4 cm³/mol. The first kappa shape index (κ1) is 17.5. The van der Waals surface area contributed by atoms with Gasteiger partial charge in [-0.15, -0.1) is 0 Å². The van der Waals surface area contributed by atoms with Gasteiger partial charge < -0.3 is 10.1 Å². The fraction of sp³-hybridized carbons (Fsp3) is 0.533. The largest absolute Gasteiger partial charge is 0.484 e. The molecule has 128 valence electrons. The van der Waals surface area contributed by atoms with Crippen LogP contribution >= 0.6 is 0 Å². The molecule has 8 heteroatoms. The van der Waals surface area contributed by atoms with Gasteiger partial charge in [-0.2, -0.15) is 13.2 Å². The van der Waals surface area contributed by atoms with Crippen LogP contribution in [0.15, 0.2) is 24.3 Å².